The summed E-state index contributed by atoms with van der Waals surface area (Å²) in [6.45, 7) is 1.04. The summed E-state index contributed by atoms with van der Waals surface area (Å²) in [6, 6.07) is 17.9. The van der Waals surface area contributed by atoms with Crippen LogP contribution in [-0.4, -0.2) is 47.2 Å². The van der Waals surface area contributed by atoms with Crippen molar-refractivity contribution < 1.29 is 9.18 Å². The van der Waals surface area contributed by atoms with Gasteiger partial charge in [0.25, 0.3) is 0 Å². The highest BCUT2D eigenvalue weighted by molar-refractivity contribution is 5.86. The van der Waals surface area contributed by atoms with E-state index in [0.29, 0.717) is 19.0 Å². The molecule has 8 heteroatoms. The average Bonchev–Trinajstić information content (AvgIpc) is 3.23. The summed E-state index contributed by atoms with van der Waals surface area (Å²) < 4.78 is 14.8. The zero-order chi connectivity index (χ0) is 21.3. The number of aromatic nitrogens is 2. The van der Waals surface area contributed by atoms with Crippen LogP contribution in [0.5, 0.6) is 0 Å². The summed E-state index contributed by atoms with van der Waals surface area (Å²) in [4.78, 5) is 18.0. The molecule has 0 spiro atoms. The van der Waals surface area contributed by atoms with Crippen LogP contribution in [0, 0.1) is 5.82 Å². The summed E-state index contributed by atoms with van der Waals surface area (Å²) in [7, 11) is 3.42. The summed E-state index contributed by atoms with van der Waals surface area (Å²) in [5.41, 5.74) is 2.63. The number of carbonyl (C=O) groups excluding carboxylic acids is 1. The van der Waals surface area contributed by atoms with Crippen LogP contribution in [0.2, 0.25) is 0 Å². The molecule has 1 aromatic heterocycles. The van der Waals surface area contributed by atoms with Crippen LogP contribution in [0.1, 0.15) is 11.3 Å². The summed E-state index contributed by atoms with van der Waals surface area (Å²) >= 11 is 0. The fourth-order valence-electron chi connectivity index (χ4n) is 2.61. The van der Waals surface area contributed by atoms with Crippen LogP contribution in [0.25, 0.3) is 5.69 Å². The van der Waals surface area contributed by atoms with E-state index in [2.05, 4.69) is 20.7 Å². The van der Waals surface area contributed by atoms with Gasteiger partial charge in [0.15, 0.2) is 5.96 Å². The smallest absolute Gasteiger partial charge is 0.241 e. The second-order valence-electron chi connectivity index (χ2n) is 6.87. The van der Waals surface area contributed by atoms with E-state index in [1.807, 2.05) is 42.6 Å². The first-order chi connectivity index (χ1) is 14.5. The van der Waals surface area contributed by atoms with Crippen molar-refractivity contribution in [2.45, 2.75) is 13.1 Å². The van der Waals surface area contributed by atoms with E-state index in [9.17, 15) is 9.18 Å². The first-order valence-electron chi connectivity index (χ1n) is 9.58. The predicted octanol–water partition coefficient (Wildman–Crippen LogP) is 2.33. The molecular weight excluding hydrogens is 383 g/mol. The Bertz CT molecular complexity index is 982. The lowest BCUT2D eigenvalue weighted by Crippen LogP contribution is -2.42. The van der Waals surface area contributed by atoms with Crippen LogP contribution in [0.15, 0.2) is 71.9 Å². The third-order valence-electron chi connectivity index (χ3n) is 4.34. The molecule has 7 nitrogen and oxygen atoms in total. The lowest BCUT2D eigenvalue weighted by molar-refractivity contribution is -0.127. The maximum Gasteiger partial charge on any atom is 0.241 e. The molecule has 0 radical (unpaired) electrons. The first-order valence-corrected chi connectivity index (χ1v) is 9.58. The molecule has 2 N–H and O–H groups in total. The van der Waals surface area contributed by atoms with Crippen molar-refractivity contribution in [1.82, 2.24) is 25.3 Å². The molecular formula is C22H25FN6O. The number of nitrogens with zero attached hydrogens (tertiary/aromatic N) is 4. The zero-order valence-electron chi connectivity index (χ0n) is 17.0. The van der Waals surface area contributed by atoms with Crippen LogP contribution in [-0.2, 0) is 17.9 Å². The Balaban J connectivity index is 1.65. The number of nitrogens with one attached hydrogen (secondary N) is 2. The third kappa shape index (κ3) is 6.16. The number of amides is 1. The molecule has 0 fully saturated rings. The number of halogens is 1. The Morgan fingerprint density at radius 1 is 1.07 bits per heavy atom. The molecule has 0 aliphatic carbocycles. The molecule has 156 valence electrons. The van der Waals surface area contributed by atoms with E-state index in [1.54, 1.807) is 30.9 Å². The maximum absolute atomic E-state index is 13.1. The average molecular weight is 408 g/mol. The van der Waals surface area contributed by atoms with E-state index in [-0.39, 0.29) is 18.3 Å². The van der Waals surface area contributed by atoms with E-state index >= 15 is 0 Å². The number of hydrogen-bond donors (Lipinski definition) is 2. The van der Waals surface area contributed by atoms with Crippen molar-refractivity contribution >= 4 is 11.9 Å². The zero-order valence-corrected chi connectivity index (χ0v) is 17.0. The number of likely N-dealkylation sites (N-methyl/N-ethyl adjacent to an activating group) is 1. The van der Waals surface area contributed by atoms with Crippen LogP contribution in [0.4, 0.5) is 4.39 Å². The van der Waals surface area contributed by atoms with Gasteiger partial charge in [0, 0.05) is 20.3 Å². The quantitative estimate of drug-likeness (QED) is 0.465. The molecule has 0 saturated heterocycles. The van der Waals surface area contributed by atoms with Crippen LogP contribution >= 0.6 is 0 Å². The van der Waals surface area contributed by atoms with Gasteiger partial charge in [-0.1, -0.05) is 30.3 Å². The highest BCUT2D eigenvalue weighted by atomic mass is 19.1. The standard InChI is InChI=1S/C22H25FN6O/c1-28(2)21(30)16-26-22(24-14-17-6-4-3-5-7-17)25-15-19-12-13-29(27-19)20-10-8-18(23)9-11-20/h3-13H,14-16H2,1-2H3,(H2,24,25,26). The number of benzene rings is 2. The maximum atomic E-state index is 13.1. The van der Waals surface area contributed by atoms with Gasteiger partial charge in [0.05, 0.1) is 31.0 Å². The Kier molecular flexibility index (Phi) is 7.15. The van der Waals surface area contributed by atoms with Gasteiger partial charge < -0.3 is 15.5 Å². The highest BCUT2D eigenvalue weighted by Crippen LogP contribution is 2.09. The molecule has 2 aromatic carbocycles. The van der Waals surface area contributed by atoms with Gasteiger partial charge in [-0.2, -0.15) is 5.10 Å². The van der Waals surface area contributed by atoms with Crippen molar-refractivity contribution in [3.05, 3.63) is 83.9 Å². The second-order valence-corrected chi connectivity index (χ2v) is 6.87. The molecule has 0 unspecified atom stereocenters. The molecule has 0 bridgehead atoms. The summed E-state index contributed by atoms with van der Waals surface area (Å²) in [5.74, 6) is 0.181. The molecule has 1 heterocycles. The van der Waals surface area contributed by atoms with Gasteiger partial charge in [-0.15, -0.1) is 0 Å². The van der Waals surface area contributed by atoms with E-state index in [1.165, 1.54) is 17.0 Å². The monoisotopic (exact) mass is 408 g/mol. The molecule has 0 atom stereocenters. The van der Waals surface area contributed by atoms with Gasteiger partial charge in [-0.25, -0.2) is 14.1 Å². The van der Waals surface area contributed by atoms with Gasteiger partial charge in [0.1, 0.15) is 5.82 Å². The van der Waals surface area contributed by atoms with E-state index < -0.39 is 0 Å². The molecule has 3 rings (SSSR count). The Morgan fingerprint density at radius 2 is 1.80 bits per heavy atom. The normalized spacial score (nSPS) is 11.2. The van der Waals surface area contributed by atoms with Crippen molar-refractivity contribution in [1.29, 1.82) is 0 Å². The summed E-state index contributed by atoms with van der Waals surface area (Å²) in [5, 5.41) is 10.8. The minimum Gasteiger partial charge on any atom is -0.351 e. The Hall–Kier alpha value is -3.68. The minimum absolute atomic E-state index is 0.0511. The Labute approximate surface area is 175 Å². The van der Waals surface area contributed by atoms with Crippen LogP contribution < -0.4 is 10.6 Å². The minimum atomic E-state index is -0.287. The first kappa shape index (κ1) is 21.0. The van der Waals surface area contributed by atoms with Gasteiger partial charge >= 0.3 is 0 Å². The number of hydrogen-bond acceptors (Lipinski definition) is 3. The number of guanidine groups is 1. The van der Waals surface area contributed by atoms with Gasteiger partial charge in [-0.05, 0) is 35.9 Å². The molecule has 0 aliphatic rings. The topological polar surface area (TPSA) is 74.6 Å². The van der Waals surface area contributed by atoms with Crippen molar-refractivity contribution in [3.63, 3.8) is 0 Å². The molecule has 1 amide bonds. The van der Waals surface area contributed by atoms with Crippen molar-refractivity contribution in [3.8, 4) is 5.69 Å². The van der Waals surface area contributed by atoms with Crippen LogP contribution in [0.3, 0.4) is 0 Å². The number of rotatable bonds is 7. The van der Waals surface area contributed by atoms with Gasteiger partial charge in [0.2, 0.25) is 5.91 Å². The molecule has 0 saturated carbocycles. The van der Waals surface area contributed by atoms with Crippen molar-refractivity contribution in [2.75, 3.05) is 20.6 Å². The van der Waals surface area contributed by atoms with E-state index in [4.69, 9.17) is 0 Å². The SMILES string of the molecule is CN(C)C(=O)CNC(=NCc1ccccc1)NCc1ccn(-c2ccc(F)cc2)n1. The number of carbonyl (C=O) groups is 1. The largest absolute Gasteiger partial charge is 0.351 e. The number of aliphatic imine (C=N–C) groups is 1. The Morgan fingerprint density at radius 3 is 2.50 bits per heavy atom. The lowest BCUT2D eigenvalue weighted by Gasteiger charge is -2.14. The predicted molar refractivity (Wildman–Crippen MR) is 115 cm³/mol. The third-order valence-corrected chi connectivity index (χ3v) is 4.34. The molecule has 0 aliphatic heterocycles. The van der Waals surface area contributed by atoms with Gasteiger partial charge in [-0.3, -0.25) is 4.79 Å². The molecule has 30 heavy (non-hydrogen) atoms. The lowest BCUT2D eigenvalue weighted by atomic mass is 10.2. The van der Waals surface area contributed by atoms with E-state index in [0.717, 1.165) is 16.9 Å². The fraction of sp³-hybridized carbons (Fsp3) is 0.227. The van der Waals surface area contributed by atoms with Crippen molar-refractivity contribution in [2.24, 2.45) is 4.99 Å². The second kappa shape index (κ2) is 10.2. The summed E-state index contributed by atoms with van der Waals surface area (Å²) in [6.07, 6.45) is 1.81. The fourth-order valence-corrected chi connectivity index (χ4v) is 2.61. The highest BCUT2D eigenvalue weighted by Gasteiger charge is 2.07. The molecule has 3 aromatic rings.